The summed E-state index contributed by atoms with van der Waals surface area (Å²) in [6.45, 7) is 5.24. The van der Waals surface area contributed by atoms with Crippen molar-refractivity contribution in [3.8, 4) is 17.2 Å². The molecule has 3 aromatic rings. The van der Waals surface area contributed by atoms with Gasteiger partial charge in [0.1, 0.15) is 5.60 Å². The molecule has 1 aromatic heterocycles. The van der Waals surface area contributed by atoms with Crippen LogP contribution < -0.4 is 14.4 Å². The molecule has 0 fully saturated rings. The summed E-state index contributed by atoms with van der Waals surface area (Å²) in [5.74, 6) is 1.07. The molecule has 1 amide bonds. The van der Waals surface area contributed by atoms with Gasteiger partial charge in [-0.05, 0) is 51.1 Å². The van der Waals surface area contributed by atoms with Crippen molar-refractivity contribution < 1.29 is 19.4 Å². The van der Waals surface area contributed by atoms with Gasteiger partial charge in [0.25, 0.3) is 5.91 Å². The van der Waals surface area contributed by atoms with Crippen LogP contribution in [-0.2, 0) is 5.60 Å². The van der Waals surface area contributed by atoms with Gasteiger partial charge in [-0.25, -0.2) is 4.68 Å². The van der Waals surface area contributed by atoms with Gasteiger partial charge >= 0.3 is 0 Å². The molecule has 1 aliphatic rings. The van der Waals surface area contributed by atoms with Crippen LogP contribution in [0.2, 0.25) is 5.02 Å². The maximum Gasteiger partial charge on any atom is 0.258 e. The number of rotatable bonds is 4. The number of aliphatic hydroxyl groups is 1. The van der Waals surface area contributed by atoms with Gasteiger partial charge < -0.3 is 19.5 Å². The Kier molecular flexibility index (Phi) is 4.95. The first-order valence-electron chi connectivity index (χ1n) is 9.43. The van der Waals surface area contributed by atoms with Gasteiger partial charge in [0.2, 0.25) is 6.79 Å². The quantitative estimate of drug-likeness (QED) is 0.679. The number of hydrogen-bond acceptors (Lipinski definition) is 5. The minimum atomic E-state index is -1.21. The lowest BCUT2D eigenvalue weighted by Gasteiger charge is -2.21. The molecular formula is C22H22ClN3O4. The van der Waals surface area contributed by atoms with Gasteiger partial charge in [-0.3, -0.25) is 4.79 Å². The highest BCUT2D eigenvalue weighted by Gasteiger charge is 2.28. The summed E-state index contributed by atoms with van der Waals surface area (Å²) in [6.07, 6.45) is 0. The fraction of sp³-hybridized carbons (Fsp3) is 0.273. The number of hydrogen-bond donors (Lipinski definition) is 1. The van der Waals surface area contributed by atoms with Crippen LogP contribution in [0, 0.1) is 6.92 Å². The van der Waals surface area contributed by atoms with E-state index in [0.29, 0.717) is 44.8 Å². The van der Waals surface area contributed by atoms with Crippen LogP contribution in [0.1, 0.15) is 35.6 Å². The third-order valence-corrected chi connectivity index (χ3v) is 5.41. The topological polar surface area (TPSA) is 76.8 Å². The Bertz CT molecular complexity index is 1130. The number of aryl methyl sites for hydroxylation is 1. The summed E-state index contributed by atoms with van der Waals surface area (Å²) in [4.78, 5) is 14.7. The van der Waals surface area contributed by atoms with E-state index in [1.807, 2.05) is 6.07 Å². The molecule has 0 unspecified atom stereocenters. The number of carbonyl (C=O) groups is 1. The number of benzene rings is 2. The third kappa shape index (κ3) is 3.51. The number of fused-ring (bicyclic) bond motifs is 1. The molecule has 7 nitrogen and oxygen atoms in total. The average Bonchev–Trinajstić information content (AvgIpc) is 3.30. The van der Waals surface area contributed by atoms with E-state index >= 15 is 0 Å². The molecule has 0 saturated heterocycles. The van der Waals surface area contributed by atoms with E-state index in [1.165, 1.54) is 0 Å². The smallest absolute Gasteiger partial charge is 0.258 e. The summed E-state index contributed by atoms with van der Waals surface area (Å²) >= 11 is 6.39. The molecule has 0 aliphatic carbocycles. The Labute approximate surface area is 179 Å². The molecule has 2 heterocycles. The van der Waals surface area contributed by atoms with E-state index in [-0.39, 0.29) is 12.7 Å². The summed E-state index contributed by atoms with van der Waals surface area (Å²) in [5, 5.41) is 15.4. The number of nitrogens with zero attached hydrogens (tertiary/aromatic N) is 3. The Balaban J connectivity index is 1.69. The van der Waals surface area contributed by atoms with Crippen LogP contribution in [0.5, 0.6) is 11.5 Å². The predicted molar refractivity (Wildman–Crippen MR) is 114 cm³/mol. The normalized spacial score (nSPS) is 12.9. The van der Waals surface area contributed by atoms with Gasteiger partial charge in [-0.1, -0.05) is 17.7 Å². The van der Waals surface area contributed by atoms with Crippen LogP contribution in [0.3, 0.4) is 0 Å². The van der Waals surface area contributed by atoms with Gasteiger partial charge in [0.05, 0.1) is 22.1 Å². The van der Waals surface area contributed by atoms with E-state index in [4.69, 9.17) is 21.1 Å². The van der Waals surface area contributed by atoms with E-state index in [2.05, 4.69) is 5.10 Å². The maximum atomic E-state index is 13.1. The highest BCUT2D eigenvalue weighted by atomic mass is 35.5. The van der Waals surface area contributed by atoms with Crippen molar-refractivity contribution in [2.45, 2.75) is 26.4 Å². The van der Waals surface area contributed by atoms with Gasteiger partial charge in [-0.2, -0.15) is 5.10 Å². The molecule has 8 heteroatoms. The molecule has 0 bridgehead atoms. The van der Waals surface area contributed by atoms with E-state index in [1.54, 1.807) is 73.8 Å². The number of carbonyl (C=O) groups excluding carboxylic acids is 1. The molecule has 30 heavy (non-hydrogen) atoms. The molecule has 0 radical (unpaired) electrons. The fourth-order valence-corrected chi connectivity index (χ4v) is 3.75. The standard InChI is InChI=1S/C22H22ClN3O4/c1-13-19(23)20(22(2,3)28)26(24-13)16-7-5-6-14(10-16)21(27)25(4)15-8-9-17-18(11-15)30-12-29-17/h5-11,28H,12H2,1-4H3. The van der Waals surface area contributed by atoms with Crippen LogP contribution in [0.15, 0.2) is 42.5 Å². The van der Waals surface area contributed by atoms with Crippen molar-refractivity contribution in [2.24, 2.45) is 0 Å². The van der Waals surface area contributed by atoms with Gasteiger partial charge in [0, 0.05) is 24.4 Å². The lowest BCUT2D eigenvalue weighted by Crippen LogP contribution is -2.26. The maximum absolute atomic E-state index is 13.1. The zero-order chi connectivity index (χ0) is 21.6. The first-order valence-corrected chi connectivity index (χ1v) is 9.80. The number of amides is 1. The van der Waals surface area contributed by atoms with Crippen LogP contribution in [-0.4, -0.2) is 34.6 Å². The number of halogens is 1. The molecule has 2 aromatic carbocycles. The van der Waals surface area contributed by atoms with Crippen molar-refractivity contribution in [1.29, 1.82) is 0 Å². The monoisotopic (exact) mass is 427 g/mol. The number of ether oxygens (including phenoxy) is 2. The zero-order valence-corrected chi connectivity index (χ0v) is 17.9. The first kappa shape index (κ1) is 20.3. The summed E-state index contributed by atoms with van der Waals surface area (Å²) in [7, 11) is 1.70. The Morgan fingerprint density at radius 2 is 1.93 bits per heavy atom. The van der Waals surface area contributed by atoms with E-state index < -0.39 is 5.60 Å². The Morgan fingerprint density at radius 3 is 2.67 bits per heavy atom. The average molecular weight is 428 g/mol. The fourth-order valence-electron chi connectivity index (χ4n) is 3.40. The van der Waals surface area contributed by atoms with Crippen molar-refractivity contribution in [2.75, 3.05) is 18.7 Å². The molecule has 1 N–H and O–H groups in total. The van der Waals surface area contributed by atoms with Crippen LogP contribution in [0.25, 0.3) is 5.69 Å². The Morgan fingerprint density at radius 1 is 1.20 bits per heavy atom. The highest BCUT2D eigenvalue weighted by molar-refractivity contribution is 6.32. The number of aromatic nitrogens is 2. The molecule has 4 rings (SSSR count). The highest BCUT2D eigenvalue weighted by Crippen LogP contribution is 2.36. The van der Waals surface area contributed by atoms with Crippen LogP contribution >= 0.6 is 11.6 Å². The molecule has 156 valence electrons. The summed E-state index contributed by atoms with van der Waals surface area (Å²) in [6, 6.07) is 12.4. The van der Waals surface area contributed by atoms with E-state index in [9.17, 15) is 9.90 Å². The van der Waals surface area contributed by atoms with Crippen LogP contribution in [0.4, 0.5) is 5.69 Å². The lowest BCUT2D eigenvalue weighted by molar-refractivity contribution is 0.0712. The predicted octanol–water partition coefficient (Wildman–Crippen LogP) is 4.07. The second kappa shape index (κ2) is 7.34. The zero-order valence-electron chi connectivity index (χ0n) is 17.1. The molecule has 0 atom stereocenters. The largest absolute Gasteiger partial charge is 0.454 e. The molecule has 1 aliphatic heterocycles. The second-order valence-electron chi connectivity index (χ2n) is 7.67. The first-order chi connectivity index (χ1) is 14.2. The molecular weight excluding hydrogens is 406 g/mol. The molecule has 0 spiro atoms. The summed E-state index contributed by atoms with van der Waals surface area (Å²) < 4.78 is 12.3. The molecule has 0 saturated carbocycles. The van der Waals surface area contributed by atoms with Crippen molar-refractivity contribution in [1.82, 2.24) is 9.78 Å². The second-order valence-corrected chi connectivity index (χ2v) is 8.05. The van der Waals surface area contributed by atoms with E-state index in [0.717, 1.165) is 0 Å². The van der Waals surface area contributed by atoms with Gasteiger partial charge in [-0.15, -0.1) is 0 Å². The van der Waals surface area contributed by atoms with Crippen molar-refractivity contribution in [3.05, 3.63) is 64.4 Å². The lowest BCUT2D eigenvalue weighted by atomic mass is 10.0. The van der Waals surface area contributed by atoms with Crippen molar-refractivity contribution in [3.63, 3.8) is 0 Å². The van der Waals surface area contributed by atoms with Gasteiger partial charge in [0.15, 0.2) is 11.5 Å². The Hall–Kier alpha value is -3.03. The minimum Gasteiger partial charge on any atom is -0.454 e. The summed E-state index contributed by atoms with van der Waals surface area (Å²) in [5.41, 5.74) is 1.65. The number of anilines is 1. The van der Waals surface area contributed by atoms with Crippen molar-refractivity contribution >= 4 is 23.2 Å². The SMILES string of the molecule is Cc1nn(-c2cccc(C(=O)N(C)c3ccc4c(c3)OCO4)c2)c(C(C)(C)O)c1Cl. The minimum absolute atomic E-state index is 0.174. The third-order valence-electron chi connectivity index (χ3n) is 4.95.